The Morgan fingerprint density at radius 3 is 3.07 bits per heavy atom. The third kappa shape index (κ3) is 2.27. The monoisotopic (exact) mass is 201 g/mol. The Morgan fingerprint density at radius 2 is 2.20 bits per heavy atom. The molecular formula is C12H15N3. The molecule has 1 aromatic heterocycles. The van der Waals surface area contributed by atoms with Gasteiger partial charge < -0.3 is 5.32 Å². The molecule has 78 valence electrons. The summed E-state index contributed by atoms with van der Waals surface area (Å²) >= 11 is 0. The van der Waals surface area contributed by atoms with Gasteiger partial charge in [0.05, 0.1) is 6.54 Å². The number of anilines is 1. The van der Waals surface area contributed by atoms with Gasteiger partial charge in [-0.05, 0) is 32.6 Å². The minimum absolute atomic E-state index is 0.667. The van der Waals surface area contributed by atoms with Crippen molar-refractivity contribution in [2.24, 2.45) is 0 Å². The number of rotatable bonds is 2. The molecule has 0 spiro atoms. The predicted octanol–water partition coefficient (Wildman–Crippen LogP) is 1.79. The van der Waals surface area contributed by atoms with Gasteiger partial charge in [0.2, 0.25) is 0 Å². The lowest BCUT2D eigenvalue weighted by Gasteiger charge is -2.17. The van der Waals surface area contributed by atoms with Crippen molar-refractivity contribution >= 4 is 5.82 Å². The molecule has 3 heteroatoms. The van der Waals surface area contributed by atoms with Crippen LogP contribution in [0.15, 0.2) is 6.33 Å². The number of nitrogens with one attached hydrogen (secondary N) is 1. The van der Waals surface area contributed by atoms with Crippen LogP contribution in [-0.4, -0.2) is 16.5 Å². The van der Waals surface area contributed by atoms with Gasteiger partial charge in [0, 0.05) is 11.3 Å². The first-order chi connectivity index (χ1) is 7.42. The average Bonchev–Trinajstić information content (AvgIpc) is 2.30. The van der Waals surface area contributed by atoms with Crippen molar-refractivity contribution in [3.05, 3.63) is 17.6 Å². The largest absolute Gasteiger partial charge is 0.359 e. The highest BCUT2D eigenvalue weighted by Gasteiger charge is 2.14. The number of hydrogen-bond acceptors (Lipinski definition) is 3. The van der Waals surface area contributed by atoms with Crippen LogP contribution in [0.5, 0.6) is 0 Å². The molecule has 0 amide bonds. The zero-order valence-electron chi connectivity index (χ0n) is 9.01. The molecule has 0 radical (unpaired) electrons. The number of nitrogens with zero attached hydrogens (tertiary/aromatic N) is 2. The van der Waals surface area contributed by atoms with E-state index in [1.807, 2.05) is 6.92 Å². The smallest absolute Gasteiger partial charge is 0.133 e. The van der Waals surface area contributed by atoms with Gasteiger partial charge in [-0.25, -0.2) is 9.97 Å². The van der Waals surface area contributed by atoms with Crippen LogP contribution in [0.3, 0.4) is 0 Å². The van der Waals surface area contributed by atoms with E-state index in [1.165, 1.54) is 24.1 Å². The van der Waals surface area contributed by atoms with E-state index in [9.17, 15) is 0 Å². The lowest BCUT2D eigenvalue weighted by Crippen LogP contribution is -2.12. The van der Waals surface area contributed by atoms with E-state index in [4.69, 9.17) is 0 Å². The van der Waals surface area contributed by atoms with Crippen LogP contribution in [0.25, 0.3) is 0 Å². The fourth-order valence-electron chi connectivity index (χ4n) is 1.89. The SMILES string of the molecule is CC#CCNc1ncnc2c1CCCC2. The Bertz CT molecular complexity index is 401. The van der Waals surface area contributed by atoms with Crippen molar-refractivity contribution < 1.29 is 0 Å². The molecule has 1 aliphatic rings. The van der Waals surface area contributed by atoms with E-state index in [1.54, 1.807) is 6.33 Å². The average molecular weight is 201 g/mol. The molecule has 1 aliphatic carbocycles. The van der Waals surface area contributed by atoms with Crippen LogP contribution < -0.4 is 5.32 Å². The van der Waals surface area contributed by atoms with Gasteiger partial charge in [-0.3, -0.25) is 0 Å². The molecule has 0 unspecified atom stereocenters. The highest BCUT2D eigenvalue weighted by Crippen LogP contribution is 2.23. The summed E-state index contributed by atoms with van der Waals surface area (Å²) in [5.74, 6) is 6.82. The highest BCUT2D eigenvalue weighted by molar-refractivity contribution is 5.47. The Kier molecular flexibility index (Phi) is 3.18. The van der Waals surface area contributed by atoms with Gasteiger partial charge in [0.25, 0.3) is 0 Å². The molecule has 0 fully saturated rings. The summed E-state index contributed by atoms with van der Waals surface area (Å²) in [6, 6.07) is 0. The number of aryl methyl sites for hydroxylation is 1. The lowest BCUT2D eigenvalue weighted by atomic mass is 9.96. The van der Waals surface area contributed by atoms with Crippen molar-refractivity contribution in [3.8, 4) is 11.8 Å². The predicted molar refractivity (Wildman–Crippen MR) is 60.6 cm³/mol. The molecule has 1 aromatic rings. The number of fused-ring (bicyclic) bond motifs is 1. The van der Waals surface area contributed by atoms with E-state index in [2.05, 4.69) is 27.1 Å². The normalized spacial score (nSPS) is 13.7. The molecule has 0 aromatic carbocycles. The third-order valence-electron chi connectivity index (χ3n) is 2.65. The van der Waals surface area contributed by atoms with Gasteiger partial charge >= 0.3 is 0 Å². The second kappa shape index (κ2) is 4.79. The summed E-state index contributed by atoms with van der Waals surface area (Å²) in [5, 5.41) is 3.25. The molecule has 0 saturated heterocycles. The topological polar surface area (TPSA) is 37.8 Å². The van der Waals surface area contributed by atoms with Gasteiger partial charge in [0.1, 0.15) is 12.1 Å². The van der Waals surface area contributed by atoms with Crippen LogP contribution in [0.4, 0.5) is 5.82 Å². The zero-order chi connectivity index (χ0) is 10.5. The van der Waals surface area contributed by atoms with Crippen molar-refractivity contribution in [2.75, 3.05) is 11.9 Å². The van der Waals surface area contributed by atoms with E-state index in [0.717, 1.165) is 18.7 Å². The standard InChI is InChI=1S/C12H15N3/c1-2-3-8-13-12-10-6-4-5-7-11(10)14-9-15-12/h9H,4-8H2,1H3,(H,13,14,15). The van der Waals surface area contributed by atoms with Crippen LogP contribution >= 0.6 is 0 Å². The van der Waals surface area contributed by atoms with Crippen molar-refractivity contribution in [1.29, 1.82) is 0 Å². The fourth-order valence-corrected chi connectivity index (χ4v) is 1.89. The summed E-state index contributed by atoms with van der Waals surface area (Å²) in [6.45, 7) is 2.51. The van der Waals surface area contributed by atoms with E-state index in [-0.39, 0.29) is 0 Å². The minimum atomic E-state index is 0.667. The Morgan fingerprint density at radius 1 is 1.33 bits per heavy atom. The van der Waals surface area contributed by atoms with Gasteiger partial charge in [-0.1, -0.05) is 5.92 Å². The molecule has 1 N–H and O–H groups in total. The quantitative estimate of drug-likeness (QED) is 0.741. The summed E-state index contributed by atoms with van der Waals surface area (Å²) in [4.78, 5) is 8.59. The molecular weight excluding hydrogens is 186 g/mol. The van der Waals surface area contributed by atoms with Crippen LogP contribution in [0, 0.1) is 11.8 Å². The highest BCUT2D eigenvalue weighted by atomic mass is 15.0. The molecule has 0 aliphatic heterocycles. The van der Waals surface area contributed by atoms with E-state index < -0.39 is 0 Å². The minimum Gasteiger partial charge on any atom is -0.359 e. The molecule has 0 saturated carbocycles. The lowest BCUT2D eigenvalue weighted by molar-refractivity contribution is 0.663. The molecule has 1 heterocycles. The third-order valence-corrected chi connectivity index (χ3v) is 2.65. The van der Waals surface area contributed by atoms with Crippen LogP contribution in [-0.2, 0) is 12.8 Å². The summed E-state index contributed by atoms with van der Waals surface area (Å²) < 4.78 is 0. The molecule has 15 heavy (non-hydrogen) atoms. The molecule has 0 bridgehead atoms. The van der Waals surface area contributed by atoms with Crippen molar-refractivity contribution in [2.45, 2.75) is 32.6 Å². The van der Waals surface area contributed by atoms with Gasteiger partial charge in [-0.15, -0.1) is 5.92 Å². The maximum Gasteiger partial charge on any atom is 0.133 e. The fraction of sp³-hybridized carbons (Fsp3) is 0.500. The molecule has 2 rings (SSSR count). The second-order valence-corrected chi connectivity index (χ2v) is 3.63. The Hall–Kier alpha value is -1.56. The first-order valence-electron chi connectivity index (χ1n) is 5.38. The van der Waals surface area contributed by atoms with Crippen molar-refractivity contribution in [1.82, 2.24) is 9.97 Å². The summed E-state index contributed by atoms with van der Waals surface area (Å²) in [7, 11) is 0. The second-order valence-electron chi connectivity index (χ2n) is 3.63. The molecule has 0 atom stereocenters. The van der Waals surface area contributed by atoms with Crippen LogP contribution in [0.2, 0.25) is 0 Å². The Labute approximate surface area is 90.3 Å². The summed E-state index contributed by atoms with van der Waals surface area (Å²) in [6.07, 6.45) is 6.32. The first kappa shape index (κ1) is 9.97. The van der Waals surface area contributed by atoms with Crippen molar-refractivity contribution in [3.63, 3.8) is 0 Å². The maximum absolute atomic E-state index is 4.32. The zero-order valence-corrected chi connectivity index (χ0v) is 9.01. The number of aromatic nitrogens is 2. The van der Waals surface area contributed by atoms with Gasteiger partial charge in [0.15, 0.2) is 0 Å². The Balaban J connectivity index is 2.18. The summed E-state index contributed by atoms with van der Waals surface area (Å²) in [5.41, 5.74) is 2.50. The van der Waals surface area contributed by atoms with E-state index in [0.29, 0.717) is 6.54 Å². The first-order valence-corrected chi connectivity index (χ1v) is 5.38. The number of hydrogen-bond donors (Lipinski definition) is 1. The van der Waals surface area contributed by atoms with Gasteiger partial charge in [-0.2, -0.15) is 0 Å². The molecule has 3 nitrogen and oxygen atoms in total. The van der Waals surface area contributed by atoms with E-state index >= 15 is 0 Å². The van der Waals surface area contributed by atoms with Crippen LogP contribution in [0.1, 0.15) is 31.0 Å². The maximum atomic E-state index is 4.32.